The first-order valence-electron chi connectivity index (χ1n) is 6.69. The lowest BCUT2D eigenvalue weighted by molar-refractivity contribution is -0.134. The van der Waals surface area contributed by atoms with E-state index in [1.54, 1.807) is 0 Å². The Bertz CT molecular complexity index is 598. The van der Waals surface area contributed by atoms with Crippen molar-refractivity contribution >= 4 is 23.4 Å². The van der Waals surface area contributed by atoms with E-state index in [-0.39, 0.29) is 30.1 Å². The van der Waals surface area contributed by atoms with E-state index in [2.05, 4.69) is 5.32 Å². The number of rotatable bonds is 4. The SMILES string of the molecule is O=C(NCC1(O)CCN(C(=O)CO)C1)c1ccc(F)cc1Cl. The number of halogens is 2. The van der Waals surface area contributed by atoms with Gasteiger partial charge >= 0.3 is 0 Å². The van der Waals surface area contributed by atoms with Gasteiger partial charge < -0.3 is 20.4 Å². The number of β-amino-alcohol motifs (C(OH)–C–C–N with tert-alkyl or cyclic N) is 1. The molecule has 1 saturated heterocycles. The molecule has 0 saturated carbocycles. The fraction of sp³-hybridized carbons (Fsp3) is 0.429. The highest BCUT2D eigenvalue weighted by Gasteiger charge is 2.38. The van der Waals surface area contributed by atoms with E-state index in [0.29, 0.717) is 6.54 Å². The Balaban J connectivity index is 1.95. The summed E-state index contributed by atoms with van der Waals surface area (Å²) < 4.78 is 12.9. The summed E-state index contributed by atoms with van der Waals surface area (Å²) in [7, 11) is 0. The van der Waals surface area contributed by atoms with Crippen LogP contribution in [0.5, 0.6) is 0 Å². The predicted molar refractivity (Wildman–Crippen MR) is 77.0 cm³/mol. The second-order valence-corrected chi connectivity index (χ2v) is 5.66. The van der Waals surface area contributed by atoms with Crippen LogP contribution in [0.25, 0.3) is 0 Å². The fourth-order valence-electron chi connectivity index (χ4n) is 2.33. The first-order valence-corrected chi connectivity index (χ1v) is 7.07. The number of hydrogen-bond donors (Lipinski definition) is 3. The minimum Gasteiger partial charge on any atom is -0.387 e. The number of likely N-dealkylation sites (tertiary alicyclic amines) is 1. The van der Waals surface area contributed by atoms with Crippen LogP contribution in [0.2, 0.25) is 5.02 Å². The smallest absolute Gasteiger partial charge is 0.252 e. The zero-order valence-corrected chi connectivity index (χ0v) is 12.4. The third-order valence-electron chi connectivity index (χ3n) is 3.57. The minimum absolute atomic E-state index is 0.0204. The number of hydrogen-bond acceptors (Lipinski definition) is 4. The summed E-state index contributed by atoms with van der Waals surface area (Å²) in [6.45, 7) is -0.352. The van der Waals surface area contributed by atoms with Crippen LogP contribution in [0.1, 0.15) is 16.8 Å². The lowest BCUT2D eigenvalue weighted by atomic mass is 10.0. The largest absolute Gasteiger partial charge is 0.387 e. The van der Waals surface area contributed by atoms with E-state index in [4.69, 9.17) is 16.7 Å². The minimum atomic E-state index is -1.26. The number of aliphatic hydroxyl groups is 2. The monoisotopic (exact) mass is 330 g/mol. The molecule has 1 aromatic carbocycles. The Labute approximate surface area is 131 Å². The molecule has 1 aromatic rings. The average Bonchev–Trinajstić information content (AvgIpc) is 2.87. The molecule has 1 aliphatic rings. The summed E-state index contributed by atoms with van der Waals surface area (Å²) in [6.07, 6.45) is 0.288. The van der Waals surface area contributed by atoms with E-state index in [1.165, 1.54) is 11.0 Å². The summed E-state index contributed by atoms with van der Waals surface area (Å²) in [5.41, 5.74) is -1.15. The van der Waals surface area contributed by atoms with Gasteiger partial charge in [-0.15, -0.1) is 0 Å². The maximum Gasteiger partial charge on any atom is 0.252 e. The van der Waals surface area contributed by atoms with Gasteiger partial charge in [-0.1, -0.05) is 11.6 Å². The summed E-state index contributed by atoms with van der Waals surface area (Å²) in [5, 5.41) is 21.6. The normalized spacial score (nSPS) is 21.0. The third kappa shape index (κ3) is 3.73. The van der Waals surface area contributed by atoms with Gasteiger partial charge in [0, 0.05) is 13.1 Å². The predicted octanol–water partition coefficient (Wildman–Crippen LogP) is 0.165. The number of nitrogens with zero attached hydrogens (tertiary/aromatic N) is 1. The number of carbonyl (C=O) groups excluding carboxylic acids is 2. The van der Waals surface area contributed by atoms with Gasteiger partial charge in [0.15, 0.2) is 0 Å². The molecule has 0 bridgehead atoms. The Hall–Kier alpha value is -1.70. The quantitative estimate of drug-likeness (QED) is 0.734. The van der Waals surface area contributed by atoms with Crippen molar-refractivity contribution in [1.29, 1.82) is 0 Å². The van der Waals surface area contributed by atoms with Gasteiger partial charge in [-0.3, -0.25) is 9.59 Å². The molecule has 1 unspecified atom stereocenters. The molecule has 0 spiro atoms. The van der Waals surface area contributed by atoms with Crippen molar-refractivity contribution in [2.24, 2.45) is 0 Å². The molecular formula is C14H16ClFN2O4. The van der Waals surface area contributed by atoms with E-state index >= 15 is 0 Å². The lowest BCUT2D eigenvalue weighted by Crippen LogP contribution is -2.46. The van der Waals surface area contributed by atoms with Gasteiger partial charge in [-0.25, -0.2) is 4.39 Å². The zero-order valence-electron chi connectivity index (χ0n) is 11.7. The Kier molecular flexibility index (Phi) is 5.00. The van der Waals surface area contributed by atoms with Crippen LogP contribution in [-0.2, 0) is 4.79 Å². The van der Waals surface area contributed by atoms with E-state index in [9.17, 15) is 19.1 Å². The van der Waals surface area contributed by atoms with E-state index < -0.39 is 29.8 Å². The number of aliphatic hydroxyl groups excluding tert-OH is 1. The molecule has 2 rings (SSSR count). The molecule has 0 radical (unpaired) electrons. The Morgan fingerprint density at radius 2 is 2.18 bits per heavy atom. The average molecular weight is 331 g/mol. The van der Waals surface area contributed by atoms with Crippen molar-refractivity contribution in [2.45, 2.75) is 12.0 Å². The van der Waals surface area contributed by atoms with Crippen molar-refractivity contribution in [3.05, 3.63) is 34.6 Å². The van der Waals surface area contributed by atoms with Crippen molar-refractivity contribution in [3.63, 3.8) is 0 Å². The van der Waals surface area contributed by atoms with Gasteiger partial charge in [0.1, 0.15) is 18.0 Å². The molecule has 1 aliphatic heterocycles. The topological polar surface area (TPSA) is 89.9 Å². The van der Waals surface area contributed by atoms with Crippen molar-refractivity contribution < 1.29 is 24.2 Å². The van der Waals surface area contributed by atoms with Crippen LogP contribution in [0.4, 0.5) is 4.39 Å². The molecule has 8 heteroatoms. The summed E-state index contributed by atoms with van der Waals surface area (Å²) >= 11 is 5.79. The Morgan fingerprint density at radius 1 is 1.45 bits per heavy atom. The van der Waals surface area contributed by atoms with Crippen LogP contribution in [0, 0.1) is 5.82 Å². The molecule has 120 valence electrons. The molecule has 1 fully saturated rings. The molecule has 1 heterocycles. The van der Waals surface area contributed by atoms with E-state index in [0.717, 1.165) is 12.1 Å². The maximum atomic E-state index is 12.9. The van der Waals surface area contributed by atoms with Gasteiger partial charge in [-0.2, -0.15) is 0 Å². The number of carbonyl (C=O) groups is 2. The van der Waals surface area contributed by atoms with Gasteiger partial charge in [-0.05, 0) is 24.6 Å². The molecular weight excluding hydrogens is 315 g/mol. The van der Waals surface area contributed by atoms with Crippen LogP contribution >= 0.6 is 11.6 Å². The van der Waals surface area contributed by atoms with Crippen LogP contribution in [0.15, 0.2) is 18.2 Å². The number of amides is 2. The first-order chi connectivity index (χ1) is 10.3. The van der Waals surface area contributed by atoms with Crippen LogP contribution in [0.3, 0.4) is 0 Å². The van der Waals surface area contributed by atoms with Gasteiger partial charge in [0.25, 0.3) is 5.91 Å². The maximum absolute atomic E-state index is 12.9. The standard InChI is InChI=1S/C14H16ClFN2O4/c15-11-5-9(16)1-2-10(11)13(21)17-7-14(22)3-4-18(8-14)12(20)6-19/h1-2,5,19,22H,3-4,6-8H2,(H,17,21). The second-order valence-electron chi connectivity index (χ2n) is 5.25. The van der Waals surface area contributed by atoms with Crippen molar-refractivity contribution in [3.8, 4) is 0 Å². The van der Waals surface area contributed by atoms with Crippen molar-refractivity contribution in [1.82, 2.24) is 10.2 Å². The van der Waals surface area contributed by atoms with E-state index in [1.807, 2.05) is 0 Å². The van der Waals surface area contributed by atoms with Crippen LogP contribution < -0.4 is 5.32 Å². The highest BCUT2D eigenvalue weighted by Crippen LogP contribution is 2.21. The van der Waals surface area contributed by atoms with Gasteiger partial charge in [0.2, 0.25) is 5.91 Å². The molecule has 1 atom stereocenters. The second kappa shape index (κ2) is 6.60. The third-order valence-corrected chi connectivity index (χ3v) is 3.89. The zero-order chi connectivity index (χ0) is 16.3. The lowest BCUT2D eigenvalue weighted by Gasteiger charge is -2.23. The first kappa shape index (κ1) is 16.7. The molecule has 22 heavy (non-hydrogen) atoms. The fourth-order valence-corrected chi connectivity index (χ4v) is 2.58. The number of benzene rings is 1. The van der Waals surface area contributed by atoms with Gasteiger partial charge in [0.05, 0.1) is 17.1 Å². The van der Waals surface area contributed by atoms with Crippen LogP contribution in [-0.4, -0.2) is 58.8 Å². The highest BCUT2D eigenvalue weighted by molar-refractivity contribution is 6.33. The van der Waals surface area contributed by atoms with Crippen molar-refractivity contribution in [2.75, 3.05) is 26.2 Å². The molecule has 2 amide bonds. The highest BCUT2D eigenvalue weighted by atomic mass is 35.5. The summed E-state index contributed by atoms with van der Waals surface area (Å²) in [5.74, 6) is -1.55. The molecule has 0 aliphatic carbocycles. The molecule has 0 aromatic heterocycles. The summed E-state index contributed by atoms with van der Waals surface area (Å²) in [6, 6.07) is 3.41. The number of nitrogens with one attached hydrogen (secondary N) is 1. The summed E-state index contributed by atoms with van der Waals surface area (Å²) in [4.78, 5) is 24.7. The Morgan fingerprint density at radius 3 is 2.82 bits per heavy atom. The molecule has 3 N–H and O–H groups in total. The molecule has 6 nitrogen and oxygen atoms in total.